The van der Waals surface area contributed by atoms with E-state index < -0.39 is 11.4 Å². The highest BCUT2D eigenvalue weighted by atomic mass is 16.5. The van der Waals surface area contributed by atoms with Crippen LogP contribution in [0, 0.1) is 17.3 Å². The molecule has 62 valence electrons. The van der Waals surface area contributed by atoms with Gasteiger partial charge in [-0.05, 0) is 13.8 Å². The average molecular weight is 156 g/mol. The predicted octanol–water partition coefficient (Wildman–Crippen LogP) is 0.181. The van der Waals surface area contributed by atoms with Crippen LogP contribution in [0.4, 0.5) is 0 Å². The molecule has 0 atom stereocenters. The number of methoxy groups -OCH3 is 1. The van der Waals surface area contributed by atoms with Gasteiger partial charge in [0.15, 0.2) is 0 Å². The van der Waals surface area contributed by atoms with Crippen LogP contribution < -0.4 is 0 Å². The molecule has 0 radical (unpaired) electrons. The summed E-state index contributed by atoms with van der Waals surface area (Å²) in [5, 5.41) is 8.36. The van der Waals surface area contributed by atoms with E-state index in [4.69, 9.17) is 5.11 Å². The van der Waals surface area contributed by atoms with Crippen molar-refractivity contribution in [1.82, 2.24) is 0 Å². The number of ether oxygens (including phenoxy) is 1. The highest BCUT2D eigenvalue weighted by Crippen LogP contribution is 2.14. The number of hydrogen-bond acceptors (Lipinski definition) is 3. The lowest BCUT2D eigenvalue weighted by molar-refractivity contribution is -0.147. The summed E-state index contributed by atoms with van der Waals surface area (Å²) in [7, 11) is 1.31. The Morgan fingerprint density at radius 2 is 2.18 bits per heavy atom. The van der Waals surface area contributed by atoms with E-state index in [1.165, 1.54) is 7.11 Å². The van der Waals surface area contributed by atoms with Gasteiger partial charge in [0.25, 0.3) is 0 Å². The van der Waals surface area contributed by atoms with E-state index in [2.05, 4.69) is 16.6 Å². The molecule has 0 aromatic heterocycles. The molecule has 0 aromatic carbocycles. The van der Waals surface area contributed by atoms with E-state index in [1.807, 2.05) is 0 Å². The third-order valence-electron chi connectivity index (χ3n) is 1.18. The van der Waals surface area contributed by atoms with E-state index in [0.717, 1.165) is 0 Å². The molecular weight excluding hydrogens is 144 g/mol. The van der Waals surface area contributed by atoms with Crippen molar-refractivity contribution in [2.75, 3.05) is 13.7 Å². The second-order valence-electron chi connectivity index (χ2n) is 2.58. The van der Waals surface area contributed by atoms with Crippen molar-refractivity contribution in [2.45, 2.75) is 13.8 Å². The summed E-state index contributed by atoms with van der Waals surface area (Å²) in [6.45, 7) is 3.05. The number of aliphatic hydroxyl groups excluding tert-OH is 1. The number of rotatable bonds is 1. The lowest BCUT2D eigenvalue weighted by Crippen LogP contribution is -2.23. The van der Waals surface area contributed by atoms with E-state index in [-0.39, 0.29) is 6.61 Å². The van der Waals surface area contributed by atoms with E-state index in [9.17, 15) is 4.79 Å². The van der Waals surface area contributed by atoms with Crippen LogP contribution in [0.1, 0.15) is 13.8 Å². The van der Waals surface area contributed by atoms with Crippen LogP contribution in [0.15, 0.2) is 0 Å². The zero-order chi connectivity index (χ0) is 8.91. The molecule has 0 saturated carbocycles. The second-order valence-corrected chi connectivity index (χ2v) is 2.58. The summed E-state index contributed by atoms with van der Waals surface area (Å²) in [6.07, 6.45) is 0. The quantitative estimate of drug-likeness (QED) is 0.435. The third-order valence-corrected chi connectivity index (χ3v) is 1.18. The number of hydrogen-bond donors (Lipinski definition) is 1. The van der Waals surface area contributed by atoms with Crippen LogP contribution in [0.25, 0.3) is 0 Å². The van der Waals surface area contributed by atoms with Gasteiger partial charge in [0.05, 0.1) is 7.11 Å². The van der Waals surface area contributed by atoms with Crippen LogP contribution in [0.2, 0.25) is 0 Å². The molecule has 0 aliphatic heterocycles. The first-order chi connectivity index (χ1) is 5.04. The molecule has 0 unspecified atom stereocenters. The molecule has 0 aromatic rings. The largest absolute Gasteiger partial charge is 0.468 e. The van der Waals surface area contributed by atoms with Crippen LogP contribution >= 0.6 is 0 Å². The van der Waals surface area contributed by atoms with Gasteiger partial charge >= 0.3 is 5.97 Å². The second kappa shape index (κ2) is 3.99. The van der Waals surface area contributed by atoms with Gasteiger partial charge in [0.1, 0.15) is 12.0 Å². The van der Waals surface area contributed by atoms with E-state index in [1.54, 1.807) is 13.8 Å². The summed E-state index contributed by atoms with van der Waals surface area (Å²) in [4.78, 5) is 10.9. The Morgan fingerprint density at radius 1 is 1.64 bits per heavy atom. The zero-order valence-corrected chi connectivity index (χ0v) is 6.97. The van der Waals surface area contributed by atoms with Crippen molar-refractivity contribution in [1.29, 1.82) is 0 Å². The zero-order valence-electron chi connectivity index (χ0n) is 6.97. The monoisotopic (exact) mass is 156 g/mol. The number of carbonyl (C=O) groups is 1. The Morgan fingerprint density at radius 3 is 2.55 bits per heavy atom. The van der Waals surface area contributed by atoms with Gasteiger partial charge in [0.2, 0.25) is 0 Å². The highest BCUT2D eigenvalue weighted by molar-refractivity contribution is 5.79. The van der Waals surface area contributed by atoms with Gasteiger partial charge in [-0.15, -0.1) is 0 Å². The molecule has 0 rings (SSSR count). The minimum absolute atomic E-state index is 0.236. The maximum absolute atomic E-state index is 10.9. The fourth-order valence-corrected chi connectivity index (χ4v) is 0.567. The molecule has 1 N–H and O–H groups in total. The molecule has 3 nitrogen and oxygen atoms in total. The summed E-state index contributed by atoms with van der Waals surface area (Å²) < 4.78 is 4.49. The average Bonchev–Trinajstić information content (AvgIpc) is 1.99. The van der Waals surface area contributed by atoms with E-state index >= 15 is 0 Å². The van der Waals surface area contributed by atoms with Crippen LogP contribution in [-0.2, 0) is 9.53 Å². The summed E-state index contributed by atoms with van der Waals surface area (Å²) in [5.74, 6) is 4.60. The Labute approximate surface area is 66.4 Å². The number of aliphatic hydroxyl groups is 1. The Hall–Kier alpha value is -1.01. The maximum atomic E-state index is 10.9. The number of carbonyl (C=O) groups excluding carboxylic acids is 1. The SMILES string of the molecule is COC(=O)C(C)(C)C#CCO. The standard InChI is InChI=1S/C8H12O3/c1-8(2,5-4-6-9)7(10)11-3/h9H,6H2,1-3H3. The minimum Gasteiger partial charge on any atom is -0.468 e. The highest BCUT2D eigenvalue weighted by Gasteiger charge is 2.25. The van der Waals surface area contributed by atoms with Gasteiger partial charge in [-0.3, -0.25) is 4.79 Å². The number of esters is 1. The normalized spacial score (nSPS) is 9.82. The molecule has 0 aliphatic carbocycles. The third kappa shape index (κ3) is 3.06. The van der Waals surface area contributed by atoms with Crippen molar-refractivity contribution in [3.05, 3.63) is 0 Å². The predicted molar refractivity (Wildman–Crippen MR) is 40.7 cm³/mol. The van der Waals surface area contributed by atoms with Crippen molar-refractivity contribution < 1.29 is 14.6 Å². The first-order valence-electron chi connectivity index (χ1n) is 3.24. The molecule has 11 heavy (non-hydrogen) atoms. The van der Waals surface area contributed by atoms with Crippen molar-refractivity contribution >= 4 is 5.97 Å². The van der Waals surface area contributed by atoms with E-state index in [0.29, 0.717) is 0 Å². The molecule has 0 amide bonds. The minimum atomic E-state index is -0.822. The summed E-state index contributed by atoms with van der Waals surface area (Å²) >= 11 is 0. The van der Waals surface area contributed by atoms with Gasteiger partial charge in [-0.2, -0.15) is 0 Å². The first kappa shape index (κ1) is 9.99. The van der Waals surface area contributed by atoms with Gasteiger partial charge in [-0.1, -0.05) is 11.8 Å². The summed E-state index contributed by atoms with van der Waals surface area (Å²) in [6, 6.07) is 0. The van der Waals surface area contributed by atoms with Crippen LogP contribution in [0.3, 0.4) is 0 Å². The smallest absolute Gasteiger partial charge is 0.323 e. The topological polar surface area (TPSA) is 46.5 Å². The van der Waals surface area contributed by atoms with Crippen LogP contribution in [-0.4, -0.2) is 24.8 Å². The van der Waals surface area contributed by atoms with Crippen LogP contribution in [0.5, 0.6) is 0 Å². The molecule has 0 bridgehead atoms. The van der Waals surface area contributed by atoms with Gasteiger partial charge in [-0.25, -0.2) is 0 Å². The molecule has 0 spiro atoms. The molecule has 0 aliphatic rings. The first-order valence-corrected chi connectivity index (χ1v) is 3.24. The van der Waals surface area contributed by atoms with Gasteiger partial charge in [0, 0.05) is 0 Å². The Bertz CT molecular complexity index is 195. The fraction of sp³-hybridized carbons (Fsp3) is 0.625. The fourth-order valence-electron chi connectivity index (χ4n) is 0.567. The van der Waals surface area contributed by atoms with Crippen molar-refractivity contribution in [3.8, 4) is 11.8 Å². The van der Waals surface area contributed by atoms with Crippen molar-refractivity contribution in [3.63, 3.8) is 0 Å². The lowest BCUT2D eigenvalue weighted by Gasteiger charge is -2.12. The molecule has 3 heteroatoms. The lowest BCUT2D eigenvalue weighted by atomic mass is 9.95. The molecule has 0 fully saturated rings. The maximum Gasteiger partial charge on any atom is 0.323 e. The molecule has 0 saturated heterocycles. The molecular formula is C8H12O3. The van der Waals surface area contributed by atoms with Crippen molar-refractivity contribution in [2.24, 2.45) is 5.41 Å². The summed E-state index contributed by atoms with van der Waals surface area (Å²) in [5.41, 5.74) is -0.822. The Balaban J connectivity index is 4.33. The molecule has 0 heterocycles. The van der Waals surface area contributed by atoms with Gasteiger partial charge < -0.3 is 9.84 Å². The Kier molecular flexibility index (Phi) is 3.63.